The quantitative estimate of drug-likeness (QED) is 0.472. The summed E-state index contributed by atoms with van der Waals surface area (Å²) in [6, 6.07) is 18.4. The van der Waals surface area contributed by atoms with E-state index < -0.39 is 0 Å². The van der Waals surface area contributed by atoms with Gasteiger partial charge in [-0.25, -0.2) is 9.97 Å². The molecule has 2 aromatic carbocycles. The average molecular weight is 422 g/mol. The Morgan fingerprint density at radius 1 is 0.938 bits per heavy atom. The highest BCUT2D eigenvalue weighted by atomic mass is 15.1. The number of fused-ring (bicyclic) bond motifs is 1. The molecule has 32 heavy (non-hydrogen) atoms. The summed E-state index contributed by atoms with van der Waals surface area (Å²) in [4.78, 5) is 16.6. The molecule has 1 aliphatic rings. The Morgan fingerprint density at radius 2 is 1.78 bits per heavy atom. The molecule has 0 amide bonds. The molecule has 3 heterocycles. The van der Waals surface area contributed by atoms with Gasteiger partial charge in [0.1, 0.15) is 0 Å². The lowest BCUT2D eigenvalue weighted by atomic mass is 10.0. The highest BCUT2D eigenvalue weighted by molar-refractivity contribution is 5.65. The predicted octanol–water partition coefficient (Wildman–Crippen LogP) is 4.96. The molecule has 0 atom stereocenters. The van der Waals surface area contributed by atoms with Gasteiger partial charge in [0.15, 0.2) is 5.82 Å². The van der Waals surface area contributed by atoms with Gasteiger partial charge < -0.3 is 5.73 Å². The van der Waals surface area contributed by atoms with Crippen molar-refractivity contribution in [3.8, 4) is 22.6 Å². The smallest absolute Gasteiger partial charge is 0.159 e. The maximum absolute atomic E-state index is 5.79. The summed E-state index contributed by atoms with van der Waals surface area (Å²) in [5, 5.41) is 0. The molecule has 0 radical (unpaired) electrons. The van der Waals surface area contributed by atoms with Crippen molar-refractivity contribution in [2.75, 3.05) is 12.3 Å². The Balaban J connectivity index is 1.28. The first-order valence-electron chi connectivity index (χ1n) is 11.0. The Kier molecular flexibility index (Phi) is 5.41. The fraction of sp³-hybridized carbons (Fsp3) is 0.222. The van der Waals surface area contributed by atoms with E-state index in [4.69, 9.17) is 15.7 Å². The van der Waals surface area contributed by atoms with Crippen LogP contribution in [-0.4, -0.2) is 26.4 Å². The monoisotopic (exact) mass is 421 g/mol. The van der Waals surface area contributed by atoms with Gasteiger partial charge in [-0.15, -0.1) is 0 Å². The zero-order valence-electron chi connectivity index (χ0n) is 18.5. The van der Waals surface area contributed by atoms with Crippen LogP contribution in [0.2, 0.25) is 0 Å². The van der Waals surface area contributed by atoms with Crippen molar-refractivity contribution in [3.05, 3.63) is 94.9 Å². The number of benzene rings is 2. The first kappa shape index (κ1) is 20.3. The first-order valence-corrected chi connectivity index (χ1v) is 11.0. The van der Waals surface area contributed by atoms with Gasteiger partial charge in [-0.2, -0.15) is 0 Å². The maximum atomic E-state index is 5.79. The van der Waals surface area contributed by atoms with Crippen molar-refractivity contribution in [1.29, 1.82) is 0 Å². The number of hydrogen-bond donors (Lipinski definition) is 1. The first-order chi connectivity index (χ1) is 15.6. The molecule has 2 N–H and O–H groups in total. The summed E-state index contributed by atoms with van der Waals surface area (Å²) in [5.41, 5.74) is 15.9. The van der Waals surface area contributed by atoms with Gasteiger partial charge in [-0.1, -0.05) is 24.3 Å². The van der Waals surface area contributed by atoms with E-state index in [0.717, 1.165) is 54.5 Å². The molecule has 2 aromatic heterocycles. The van der Waals surface area contributed by atoms with Gasteiger partial charge in [-0.05, 0) is 60.9 Å². The molecule has 160 valence electrons. The van der Waals surface area contributed by atoms with E-state index in [-0.39, 0.29) is 0 Å². The summed E-state index contributed by atoms with van der Waals surface area (Å²) in [7, 11) is 0. The number of anilines is 1. The zero-order valence-corrected chi connectivity index (χ0v) is 18.5. The Labute approximate surface area is 189 Å². The van der Waals surface area contributed by atoms with Gasteiger partial charge in [0.2, 0.25) is 0 Å². The molecule has 5 heteroatoms. The second-order valence-corrected chi connectivity index (χ2v) is 8.55. The van der Waals surface area contributed by atoms with Crippen LogP contribution in [0.5, 0.6) is 0 Å². The highest BCUT2D eigenvalue weighted by Crippen LogP contribution is 2.25. The van der Waals surface area contributed by atoms with E-state index in [0.29, 0.717) is 0 Å². The molecular weight excluding hydrogens is 394 g/mol. The summed E-state index contributed by atoms with van der Waals surface area (Å²) in [5.74, 6) is 0.767. The lowest BCUT2D eigenvalue weighted by Gasteiger charge is -2.28. The number of rotatable bonds is 4. The number of pyridine rings is 1. The van der Waals surface area contributed by atoms with E-state index in [1.807, 2.05) is 36.7 Å². The summed E-state index contributed by atoms with van der Waals surface area (Å²) >= 11 is 0. The molecular formula is C27H27N5. The second kappa shape index (κ2) is 8.52. The second-order valence-electron chi connectivity index (χ2n) is 8.55. The molecule has 0 fully saturated rings. The fourth-order valence-corrected chi connectivity index (χ4v) is 4.24. The van der Waals surface area contributed by atoms with Crippen LogP contribution in [0, 0.1) is 13.8 Å². The Morgan fingerprint density at radius 3 is 2.56 bits per heavy atom. The zero-order chi connectivity index (χ0) is 22.1. The Hall–Kier alpha value is -3.57. The van der Waals surface area contributed by atoms with Crippen molar-refractivity contribution in [3.63, 3.8) is 0 Å². The lowest BCUT2D eigenvalue weighted by molar-refractivity contribution is 0.242. The standard InChI is InChI=1S/C27H27N5/c1-18-4-3-5-24(19(18)2)26-11-6-20(14-29-26)16-32-13-12-25-22(17-32)15-30-27(31-25)21-7-9-23(28)10-8-21/h3-11,14-15H,12-13,16-17,28H2,1-2H3. The van der Waals surface area contributed by atoms with Crippen molar-refractivity contribution >= 4 is 5.69 Å². The third-order valence-corrected chi connectivity index (χ3v) is 6.29. The molecule has 1 aliphatic heterocycles. The molecule has 0 unspecified atom stereocenters. The molecule has 0 spiro atoms. The van der Waals surface area contributed by atoms with E-state index >= 15 is 0 Å². The number of nitrogen functional groups attached to an aromatic ring is 1. The van der Waals surface area contributed by atoms with Crippen molar-refractivity contribution in [2.45, 2.75) is 33.4 Å². The van der Waals surface area contributed by atoms with Crippen LogP contribution in [0.15, 0.2) is 67.0 Å². The molecule has 0 bridgehead atoms. The van der Waals surface area contributed by atoms with E-state index in [1.54, 1.807) is 0 Å². The van der Waals surface area contributed by atoms with Crippen LogP contribution >= 0.6 is 0 Å². The van der Waals surface area contributed by atoms with Crippen LogP contribution in [-0.2, 0) is 19.5 Å². The highest BCUT2D eigenvalue weighted by Gasteiger charge is 2.19. The van der Waals surface area contributed by atoms with Crippen LogP contribution in [0.25, 0.3) is 22.6 Å². The molecule has 0 aliphatic carbocycles. The summed E-state index contributed by atoms with van der Waals surface area (Å²) in [6.45, 7) is 7.01. The van der Waals surface area contributed by atoms with Gasteiger partial charge >= 0.3 is 0 Å². The number of hydrogen-bond acceptors (Lipinski definition) is 5. The van der Waals surface area contributed by atoms with Crippen LogP contribution in [0.1, 0.15) is 27.9 Å². The third kappa shape index (κ3) is 4.12. The third-order valence-electron chi connectivity index (χ3n) is 6.29. The molecule has 4 aromatic rings. The predicted molar refractivity (Wildman–Crippen MR) is 129 cm³/mol. The number of nitrogens with zero attached hydrogens (tertiary/aromatic N) is 4. The molecule has 0 saturated carbocycles. The molecule has 5 rings (SSSR count). The molecule has 0 saturated heterocycles. The van der Waals surface area contributed by atoms with Gasteiger partial charge in [-0.3, -0.25) is 9.88 Å². The lowest BCUT2D eigenvalue weighted by Crippen LogP contribution is -2.31. The SMILES string of the molecule is Cc1cccc(-c2ccc(CN3CCc4nc(-c5ccc(N)cc5)ncc4C3)cn2)c1C. The van der Waals surface area contributed by atoms with Crippen LogP contribution in [0.4, 0.5) is 5.69 Å². The van der Waals surface area contributed by atoms with E-state index in [1.165, 1.54) is 27.8 Å². The summed E-state index contributed by atoms with van der Waals surface area (Å²) < 4.78 is 0. The summed E-state index contributed by atoms with van der Waals surface area (Å²) in [6.07, 6.45) is 4.91. The topological polar surface area (TPSA) is 67.9 Å². The fourth-order valence-electron chi connectivity index (χ4n) is 4.24. The number of nitrogens with two attached hydrogens (primary N) is 1. The maximum Gasteiger partial charge on any atom is 0.159 e. The average Bonchev–Trinajstić information content (AvgIpc) is 2.82. The van der Waals surface area contributed by atoms with Crippen molar-refractivity contribution < 1.29 is 0 Å². The number of aromatic nitrogens is 3. The normalized spacial score (nSPS) is 13.7. The van der Waals surface area contributed by atoms with Gasteiger partial charge in [0.25, 0.3) is 0 Å². The minimum Gasteiger partial charge on any atom is -0.399 e. The van der Waals surface area contributed by atoms with E-state index in [9.17, 15) is 0 Å². The molecule has 5 nitrogen and oxygen atoms in total. The van der Waals surface area contributed by atoms with Crippen molar-refractivity contribution in [2.24, 2.45) is 0 Å². The van der Waals surface area contributed by atoms with E-state index in [2.05, 4.69) is 54.1 Å². The minimum absolute atomic E-state index is 0.749. The van der Waals surface area contributed by atoms with Gasteiger partial charge in [0, 0.05) is 60.8 Å². The van der Waals surface area contributed by atoms with Crippen LogP contribution in [0.3, 0.4) is 0 Å². The largest absolute Gasteiger partial charge is 0.399 e. The van der Waals surface area contributed by atoms with Crippen molar-refractivity contribution in [1.82, 2.24) is 19.9 Å². The minimum atomic E-state index is 0.749. The Bertz CT molecular complexity index is 1250. The van der Waals surface area contributed by atoms with Crippen LogP contribution < -0.4 is 5.73 Å². The number of aryl methyl sites for hydroxylation is 1. The van der Waals surface area contributed by atoms with Gasteiger partial charge in [0.05, 0.1) is 11.4 Å².